The molecule has 2 fully saturated rings. The summed E-state index contributed by atoms with van der Waals surface area (Å²) in [4.78, 5) is 44.5. The Morgan fingerprint density at radius 1 is 1.20 bits per heavy atom. The normalized spacial score (nSPS) is 19.0. The molecule has 0 spiro atoms. The lowest BCUT2D eigenvalue weighted by atomic mass is 10.2. The fraction of sp³-hybridized carbons (Fsp3) is 0.400. The highest BCUT2D eigenvalue weighted by molar-refractivity contribution is 7.13. The zero-order valence-corrected chi connectivity index (χ0v) is 17.8. The predicted molar refractivity (Wildman–Crippen MR) is 116 cm³/mol. The number of hydrogen-bond acceptors (Lipinski definition) is 6. The Hall–Kier alpha value is -2.65. The van der Waals surface area contributed by atoms with Crippen LogP contribution >= 0.6 is 22.9 Å². The molecule has 30 heavy (non-hydrogen) atoms. The fourth-order valence-electron chi connectivity index (χ4n) is 3.58. The van der Waals surface area contributed by atoms with E-state index in [4.69, 9.17) is 11.6 Å². The van der Waals surface area contributed by atoms with E-state index in [9.17, 15) is 14.4 Å². The topological polar surface area (TPSA) is 94.6 Å². The first-order chi connectivity index (χ1) is 14.5. The summed E-state index contributed by atoms with van der Waals surface area (Å²) in [5.74, 6) is -0.361. The van der Waals surface area contributed by atoms with Crippen LogP contribution < -0.4 is 15.5 Å². The Morgan fingerprint density at radius 2 is 1.93 bits per heavy atom. The summed E-state index contributed by atoms with van der Waals surface area (Å²) in [5, 5.41) is 8.28. The van der Waals surface area contributed by atoms with E-state index < -0.39 is 6.04 Å². The van der Waals surface area contributed by atoms with Crippen molar-refractivity contribution in [3.8, 4) is 0 Å². The molecular weight excluding hydrogens is 426 g/mol. The van der Waals surface area contributed by atoms with Crippen molar-refractivity contribution in [2.24, 2.45) is 0 Å². The van der Waals surface area contributed by atoms with Gasteiger partial charge in [0.1, 0.15) is 6.04 Å². The van der Waals surface area contributed by atoms with E-state index in [2.05, 4.69) is 20.5 Å². The van der Waals surface area contributed by atoms with Crippen LogP contribution in [0.25, 0.3) is 0 Å². The van der Waals surface area contributed by atoms with E-state index in [1.807, 2.05) is 29.2 Å². The third-order valence-electron chi connectivity index (χ3n) is 5.25. The quantitative estimate of drug-likeness (QED) is 0.730. The molecule has 2 aromatic rings. The first kappa shape index (κ1) is 20.6. The summed E-state index contributed by atoms with van der Waals surface area (Å²) in [5.41, 5.74) is 1.74. The second-order valence-corrected chi connectivity index (χ2v) is 8.61. The number of thiazole rings is 1. The second kappa shape index (κ2) is 9.01. The minimum Gasteiger partial charge on any atom is -0.368 e. The summed E-state index contributed by atoms with van der Waals surface area (Å²) in [6.07, 6.45) is 1.05. The van der Waals surface area contributed by atoms with E-state index in [-0.39, 0.29) is 24.1 Å². The van der Waals surface area contributed by atoms with Gasteiger partial charge in [0.25, 0.3) is 0 Å². The number of aromatic nitrogens is 1. The Labute approximate surface area is 183 Å². The molecule has 3 amide bonds. The number of piperazine rings is 1. The highest BCUT2D eigenvalue weighted by Crippen LogP contribution is 2.21. The van der Waals surface area contributed by atoms with Gasteiger partial charge in [-0.25, -0.2) is 4.98 Å². The summed E-state index contributed by atoms with van der Waals surface area (Å²) >= 11 is 7.22. The standard InChI is InChI=1S/C20H22ClN5O3S/c21-13-1-3-15(4-2-13)25-7-9-26(10-8-25)18(28)11-14-12-30-20(22-14)24-19(29)16-5-6-17(27)23-16/h1-4,12,16H,5-11H2,(H,23,27)(H,22,24,29). The number of anilines is 2. The molecule has 1 aromatic carbocycles. The molecule has 2 aliphatic rings. The lowest BCUT2D eigenvalue weighted by molar-refractivity contribution is -0.130. The molecular formula is C20H22ClN5O3S. The third kappa shape index (κ3) is 4.91. The predicted octanol–water partition coefficient (Wildman–Crippen LogP) is 1.90. The van der Waals surface area contributed by atoms with Crippen molar-refractivity contribution in [2.45, 2.75) is 25.3 Å². The van der Waals surface area contributed by atoms with Gasteiger partial charge in [-0.1, -0.05) is 11.6 Å². The highest BCUT2D eigenvalue weighted by Gasteiger charge is 2.28. The number of carbonyl (C=O) groups excluding carboxylic acids is 3. The first-order valence-corrected chi connectivity index (χ1v) is 11.1. The van der Waals surface area contributed by atoms with Crippen LogP contribution in [-0.2, 0) is 20.8 Å². The zero-order valence-electron chi connectivity index (χ0n) is 16.3. The SMILES string of the molecule is O=C1CCC(C(=O)Nc2nc(CC(=O)N3CCN(c4ccc(Cl)cc4)CC3)cs2)N1. The number of nitrogens with zero attached hydrogens (tertiary/aromatic N) is 3. The Bertz CT molecular complexity index is 940. The Morgan fingerprint density at radius 3 is 2.60 bits per heavy atom. The number of halogens is 1. The van der Waals surface area contributed by atoms with E-state index in [0.717, 1.165) is 18.8 Å². The first-order valence-electron chi connectivity index (χ1n) is 9.81. The van der Waals surface area contributed by atoms with Gasteiger partial charge < -0.3 is 20.4 Å². The van der Waals surface area contributed by atoms with Gasteiger partial charge in [0.05, 0.1) is 12.1 Å². The number of carbonyl (C=O) groups is 3. The lowest BCUT2D eigenvalue weighted by Crippen LogP contribution is -2.49. The molecule has 0 bridgehead atoms. The summed E-state index contributed by atoms with van der Waals surface area (Å²) in [6, 6.07) is 7.20. The minimum atomic E-state index is -0.511. The number of rotatable bonds is 5. The molecule has 2 N–H and O–H groups in total. The number of amides is 3. The fourth-order valence-corrected chi connectivity index (χ4v) is 4.42. The second-order valence-electron chi connectivity index (χ2n) is 7.31. The Kier molecular flexibility index (Phi) is 6.19. The van der Waals surface area contributed by atoms with Gasteiger partial charge in [0, 0.05) is 48.7 Å². The molecule has 158 valence electrons. The monoisotopic (exact) mass is 447 g/mol. The van der Waals surface area contributed by atoms with Crippen molar-refractivity contribution < 1.29 is 14.4 Å². The van der Waals surface area contributed by atoms with Gasteiger partial charge in [-0.2, -0.15) is 0 Å². The maximum Gasteiger partial charge on any atom is 0.248 e. The Balaban J connectivity index is 1.26. The van der Waals surface area contributed by atoms with Crippen molar-refractivity contribution in [3.05, 3.63) is 40.4 Å². The molecule has 0 aliphatic carbocycles. The van der Waals surface area contributed by atoms with Crippen LogP contribution in [0.2, 0.25) is 5.02 Å². The summed E-state index contributed by atoms with van der Waals surface area (Å²) in [7, 11) is 0. The molecule has 10 heteroatoms. The van der Waals surface area contributed by atoms with Crippen molar-refractivity contribution in [1.29, 1.82) is 0 Å². The van der Waals surface area contributed by atoms with Crippen molar-refractivity contribution in [3.63, 3.8) is 0 Å². The van der Waals surface area contributed by atoms with Crippen molar-refractivity contribution in [2.75, 3.05) is 36.4 Å². The molecule has 1 aromatic heterocycles. The van der Waals surface area contributed by atoms with Gasteiger partial charge >= 0.3 is 0 Å². The van der Waals surface area contributed by atoms with Crippen molar-refractivity contribution in [1.82, 2.24) is 15.2 Å². The van der Waals surface area contributed by atoms with Crippen LogP contribution in [0.3, 0.4) is 0 Å². The number of hydrogen-bond donors (Lipinski definition) is 2. The maximum absolute atomic E-state index is 12.7. The molecule has 1 atom stereocenters. The summed E-state index contributed by atoms with van der Waals surface area (Å²) < 4.78 is 0. The average Bonchev–Trinajstić information content (AvgIpc) is 3.37. The molecule has 8 nitrogen and oxygen atoms in total. The van der Waals surface area contributed by atoms with Gasteiger partial charge in [-0.05, 0) is 30.7 Å². The molecule has 0 radical (unpaired) electrons. The molecule has 0 saturated carbocycles. The van der Waals surface area contributed by atoms with E-state index in [1.54, 1.807) is 5.38 Å². The number of benzene rings is 1. The lowest BCUT2D eigenvalue weighted by Gasteiger charge is -2.36. The molecule has 2 aliphatic heterocycles. The van der Waals surface area contributed by atoms with Gasteiger partial charge in [0.15, 0.2) is 5.13 Å². The third-order valence-corrected chi connectivity index (χ3v) is 6.31. The van der Waals surface area contributed by atoms with Gasteiger partial charge in [-0.3, -0.25) is 14.4 Å². The molecule has 4 rings (SSSR count). The van der Waals surface area contributed by atoms with E-state index in [0.29, 0.717) is 41.8 Å². The van der Waals surface area contributed by atoms with E-state index >= 15 is 0 Å². The van der Waals surface area contributed by atoms with Crippen LogP contribution in [0.5, 0.6) is 0 Å². The largest absolute Gasteiger partial charge is 0.368 e. The smallest absolute Gasteiger partial charge is 0.248 e. The molecule has 1 unspecified atom stereocenters. The van der Waals surface area contributed by atoms with Gasteiger partial charge in [-0.15, -0.1) is 11.3 Å². The molecule has 2 saturated heterocycles. The van der Waals surface area contributed by atoms with Crippen LogP contribution in [0.15, 0.2) is 29.6 Å². The van der Waals surface area contributed by atoms with Crippen LogP contribution in [0, 0.1) is 0 Å². The van der Waals surface area contributed by atoms with Crippen molar-refractivity contribution >= 4 is 51.5 Å². The average molecular weight is 448 g/mol. The summed E-state index contributed by atoms with van der Waals surface area (Å²) in [6.45, 7) is 2.82. The molecule has 3 heterocycles. The minimum absolute atomic E-state index is 0.0250. The van der Waals surface area contributed by atoms with Crippen LogP contribution in [0.1, 0.15) is 18.5 Å². The highest BCUT2D eigenvalue weighted by atomic mass is 35.5. The van der Waals surface area contributed by atoms with Crippen LogP contribution in [0.4, 0.5) is 10.8 Å². The van der Waals surface area contributed by atoms with E-state index in [1.165, 1.54) is 11.3 Å². The van der Waals surface area contributed by atoms with Crippen LogP contribution in [-0.4, -0.2) is 59.8 Å². The maximum atomic E-state index is 12.7. The zero-order chi connectivity index (χ0) is 21.1. The van der Waals surface area contributed by atoms with Gasteiger partial charge in [0.2, 0.25) is 17.7 Å². The number of nitrogens with one attached hydrogen (secondary N) is 2.